The van der Waals surface area contributed by atoms with E-state index < -0.39 is 81.0 Å². The van der Waals surface area contributed by atoms with Crippen LogP contribution in [0.4, 0.5) is 59.7 Å². The minimum atomic E-state index is -7.58. The quantitative estimate of drug-likeness (QED) is 0.230. The summed E-state index contributed by atoms with van der Waals surface area (Å²) in [6.45, 7) is 0. The summed E-state index contributed by atoms with van der Waals surface area (Å²) in [6, 6.07) is -2.33. The Morgan fingerprint density at radius 1 is 0.692 bits per heavy atom. The molecule has 0 bridgehead atoms. The van der Waals surface area contributed by atoms with E-state index in [1.54, 1.807) is 0 Å². The van der Waals surface area contributed by atoms with Gasteiger partial charge in [-0.1, -0.05) is 0 Å². The maximum atomic E-state index is 14.3. The first-order valence-electron chi connectivity index (χ1n) is 9.56. The molecule has 1 aromatic rings. The van der Waals surface area contributed by atoms with Crippen molar-refractivity contribution in [2.75, 3.05) is 9.80 Å². The topological polar surface area (TPSA) is 84.0 Å². The Balaban J connectivity index is 2.15. The summed E-state index contributed by atoms with van der Waals surface area (Å²) in [7, 11) is 0. The Bertz CT molecular complexity index is 1350. The van der Waals surface area contributed by atoms with Gasteiger partial charge in [0.25, 0.3) is 23.6 Å². The molecule has 0 saturated carbocycles. The largest absolute Gasteiger partial charge is 0.460 e. The number of carbonyl (C=O) groups is 4. The monoisotopic (exact) mass is 642 g/mol. The summed E-state index contributed by atoms with van der Waals surface area (Å²) in [5.41, 5.74) is -1.42. The number of imide groups is 2. The summed E-state index contributed by atoms with van der Waals surface area (Å²) in [6.07, 6.45) is -4.54. The van der Waals surface area contributed by atoms with Gasteiger partial charge in [0.05, 0.1) is 15.8 Å². The van der Waals surface area contributed by atoms with Crippen molar-refractivity contribution in [3.63, 3.8) is 0 Å². The number of ether oxygens (including phenoxy) is 1. The standard InChI is InChI=1S/C20H6BrF11N2O5/c21-14-8(34-12(37)3-4-13(34)38)5-7(33-10(35)1-2-11(33)36)6-9(14)39-16(23)15(22)17(24,25)18(26,27)19(28,29)20(30,31)32/h1-6H. The lowest BCUT2D eigenvalue weighted by Gasteiger charge is -2.32. The molecule has 39 heavy (non-hydrogen) atoms. The number of carbonyl (C=O) groups excluding carboxylic acids is 4. The molecule has 0 atom stereocenters. The highest BCUT2D eigenvalue weighted by Crippen LogP contribution is 2.56. The van der Waals surface area contributed by atoms with Crippen LogP contribution in [0, 0.1) is 0 Å². The van der Waals surface area contributed by atoms with E-state index in [0.29, 0.717) is 30.4 Å². The minimum absolute atomic E-state index is 0.267. The van der Waals surface area contributed by atoms with Gasteiger partial charge in [-0.05, 0) is 22.0 Å². The summed E-state index contributed by atoms with van der Waals surface area (Å²) in [5.74, 6) is -32.2. The van der Waals surface area contributed by atoms with Crippen LogP contribution in [0.2, 0.25) is 0 Å². The van der Waals surface area contributed by atoms with E-state index in [-0.39, 0.29) is 9.80 Å². The van der Waals surface area contributed by atoms with Crippen molar-refractivity contribution in [3.05, 3.63) is 52.7 Å². The van der Waals surface area contributed by atoms with Crippen LogP contribution in [-0.2, 0) is 19.2 Å². The van der Waals surface area contributed by atoms with Crippen molar-refractivity contribution in [1.29, 1.82) is 0 Å². The second-order valence-corrected chi connectivity index (χ2v) is 8.17. The number of halogens is 12. The van der Waals surface area contributed by atoms with Crippen LogP contribution in [0.25, 0.3) is 0 Å². The molecule has 1 aromatic carbocycles. The number of hydrogen-bond acceptors (Lipinski definition) is 5. The van der Waals surface area contributed by atoms with Gasteiger partial charge in [-0.3, -0.25) is 19.2 Å². The van der Waals surface area contributed by atoms with Crippen LogP contribution in [0.1, 0.15) is 0 Å². The Hall–Kier alpha value is -3.77. The van der Waals surface area contributed by atoms with Gasteiger partial charge in [-0.15, -0.1) is 0 Å². The highest BCUT2D eigenvalue weighted by Gasteiger charge is 2.83. The molecule has 3 rings (SSSR count). The molecule has 0 aromatic heterocycles. The molecule has 0 saturated heterocycles. The zero-order valence-electron chi connectivity index (χ0n) is 17.9. The number of anilines is 2. The average molecular weight is 643 g/mol. The molecule has 2 heterocycles. The molecule has 0 N–H and O–H groups in total. The van der Waals surface area contributed by atoms with Crippen molar-refractivity contribution in [3.8, 4) is 5.75 Å². The average Bonchev–Trinajstić information content (AvgIpc) is 3.33. The molecule has 0 unspecified atom stereocenters. The first kappa shape index (κ1) is 29.8. The van der Waals surface area contributed by atoms with Crippen LogP contribution in [-0.4, -0.2) is 47.6 Å². The van der Waals surface area contributed by atoms with Crippen molar-refractivity contribution in [2.45, 2.75) is 23.9 Å². The third kappa shape index (κ3) is 4.67. The van der Waals surface area contributed by atoms with E-state index >= 15 is 0 Å². The highest BCUT2D eigenvalue weighted by atomic mass is 79.9. The fraction of sp³-hybridized carbons (Fsp3) is 0.200. The lowest BCUT2D eigenvalue weighted by molar-refractivity contribution is -0.392. The molecule has 210 valence electrons. The number of nitrogens with zero attached hydrogens (tertiary/aromatic N) is 2. The second-order valence-electron chi connectivity index (χ2n) is 7.38. The van der Waals surface area contributed by atoms with Crippen molar-refractivity contribution >= 4 is 50.9 Å². The predicted molar refractivity (Wildman–Crippen MR) is 108 cm³/mol. The number of benzene rings is 1. The number of alkyl halides is 9. The van der Waals surface area contributed by atoms with Gasteiger partial charge in [0.1, 0.15) is 5.75 Å². The number of amides is 4. The van der Waals surface area contributed by atoms with E-state index in [1.807, 2.05) is 0 Å². The van der Waals surface area contributed by atoms with E-state index in [2.05, 4.69) is 20.7 Å². The van der Waals surface area contributed by atoms with E-state index in [9.17, 15) is 67.5 Å². The van der Waals surface area contributed by atoms with Gasteiger partial charge in [-0.25, -0.2) is 9.80 Å². The molecular formula is C20H6BrF11N2O5. The van der Waals surface area contributed by atoms with Crippen LogP contribution in [0.5, 0.6) is 5.75 Å². The Morgan fingerprint density at radius 3 is 1.56 bits per heavy atom. The zero-order chi connectivity index (χ0) is 29.9. The third-order valence-corrected chi connectivity index (χ3v) is 5.71. The van der Waals surface area contributed by atoms with Crippen LogP contribution >= 0.6 is 15.9 Å². The van der Waals surface area contributed by atoms with Crippen LogP contribution < -0.4 is 14.5 Å². The van der Waals surface area contributed by atoms with Crippen molar-refractivity contribution in [1.82, 2.24) is 0 Å². The van der Waals surface area contributed by atoms with E-state index in [0.717, 1.165) is 6.07 Å². The van der Waals surface area contributed by atoms with Gasteiger partial charge in [-0.2, -0.15) is 48.3 Å². The fourth-order valence-electron chi connectivity index (χ4n) is 3.01. The van der Waals surface area contributed by atoms with Crippen molar-refractivity contribution in [2.24, 2.45) is 0 Å². The molecule has 19 heteroatoms. The number of allylic oxidation sites excluding steroid dienone is 1. The Kier molecular flexibility index (Phi) is 7.22. The summed E-state index contributed by atoms with van der Waals surface area (Å²) in [4.78, 5) is 48.7. The van der Waals surface area contributed by atoms with Crippen LogP contribution in [0.3, 0.4) is 0 Å². The Morgan fingerprint density at radius 2 is 1.13 bits per heavy atom. The maximum Gasteiger partial charge on any atom is 0.460 e. The third-order valence-electron chi connectivity index (χ3n) is 4.91. The van der Waals surface area contributed by atoms with E-state index in [1.165, 1.54) is 0 Å². The van der Waals surface area contributed by atoms with Crippen LogP contribution in [0.15, 0.2) is 52.7 Å². The molecule has 7 nitrogen and oxygen atoms in total. The number of hydrogen-bond donors (Lipinski definition) is 0. The van der Waals surface area contributed by atoms with Gasteiger partial charge < -0.3 is 4.74 Å². The minimum Gasteiger partial charge on any atom is -0.428 e. The summed E-state index contributed by atoms with van der Waals surface area (Å²) in [5, 5.41) is 0. The predicted octanol–water partition coefficient (Wildman–Crippen LogP) is 5.26. The summed E-state index contributed by atoms with van der Waals surface area (Å²) >= 11 is 2.63. The molecule has 2 aliphatic rings. The molecule has 4 amide bonds. The smallest absolute Gasteiger partial charge is 0.428 e. The van der Waals surface area contributed by atoms with Gasteiger partial charge in [0.15, 0.2) is 0 Å². The van der Waals surface area contributed by atoms with E-state index in [4.69, 9.17) is 0 Å². The highest BCUT2D eigenvalue weighted by molar-refractivity contribution is 9.10. The number of rotatable bonds is 7. The zero-order valence-corrected chi connectivity index (χ0v) is 19.5. The normalized spacial score (nSPS) is 17.5. The fourth-order valence-corrected chi connectivity index (χ4v) is 3.49. The molecule has 0 fully saturated rings. The Labute approximate surface area is 215 Å². The van der Waals surface area contributed by atoms with Gasteiger partial charge in [0, 0.05) is 30.4 Å². The molecule has 0 radical (unpaired) electrons. The molecule has 2 aliphatic heterocycles. The molecule has 0 spiro atoms. The lowest BCUT2D eigenvalue weighted by atomic mass is 10.0. The van der Waals surface area contributed by atoms with Crippen molar-refractivity contribution < 1.29 is 72.2 Å². The second kappa shape index (κ2) is 9.45. The maximum absolute atomic E-state index is 14.3. The molecule has 0 aliphatic carbocycles. The first-order chi connectivity index (χ1) is 17.7. The molecular weight excluding hydrogens is 637 g/mol. The van der Waals surface area contributed by atoms with Gasteiger partial charge in [0.2, 0.25) is 5.83 Å². The lowest BCUT2D eigenvalue weighted by Crippen LogP contribution is -2.61. The first-order valence-corrected chi connectivity index (χ1v) is 10.4. The van der Waals surface area contributed by atoms with Gasteiger partial charge >= 0.3 is 30.0 Å². The summed E-state index contributed by atoms with van der Waals surface area (Å²) < 4.78 is 149. The SMILES string of the molecule is O=C1C=CC(=O)N1c1cc(OC(F)=C(F)C(F)(F)C(F)(F)C(F)(F)C(F)(F)F)c(Br)c(N2C(=O)C=CC2=O)c1.